The van der Waals surface area contributed by atoms with E-state index in [1.54, 1.807) is 20.8 Å². The van der Waals surface area contributed by atoms with Crippen LogP contribution in [0.15, 0.2) is 0 Å². The van der Waals surface area contributed by atoms with Crippen LogP contribution in [0.1, 0.15) is 214 Å². The van der Waals surface area contributed by atoms with E-state index in [0.717, 1.165) is 89.9 Å². The summed E-state index contributed by atoms with van der Waals surface area (Å²) in [5.41, 5.74) is -2.30. The van der Waals surface area contributed by atoms with Crippen molar-refractivity contribution in [3.8, 4) is 0 Å². The summed E-state index contributed by atoms with van der Waals surface area (Å²) in [6.45, 7) is 30.0. The van der Waals surface area contributed by atoms with Gasteiger partial charge in [-0.25, -0.2) is 0 Å². The molecule has 0 heterocycles. The Balaban J connectivity index is 0. The average Bonchev–Trinajstić information content (AvgIpc) is 3.73. The quantitative estimate of drug-likeness (QED) is 0.141. The average molecular weight is 835 g/mol. The third kappa shape index (κ3) is 22.7. The maximum atomic E-state index is 11.8. The SMILES string of the molecule is CCC(C)(C)C(=O)NC(=O)C(C)(C)C.CCC(C)(C)C(=O)NC(=O)C1CCCC1.CCC(C)(C)C(=O)NC(=O)C1CCCCC1.CCCCC(=O)NC(=O)C(C)(C)CC. The Bertz CT molecular complexity index is 1380. The fourth-order valence-corrected chi connectivity index (χ4v) is 5.12. The van der Waals surface area contributed by atoms with Crippen molar-refractivity contribution < 1.29 is 38.4 Å². The van der Waals surface area contributed by atoms with Gasteiger partial charge in [0.05, 0.1) is 0 Å². The topological polar surface area (TPSA) is 185 Å². The fraction of sp³-hybridized carbons (Fsp3) is 0.830. The number of carbonyl (C=O) groups is 8. The Morgan fingerprint density at radius 1 is 0.407 bits per heavy atom. The molecular weight excluding hydrogens is 749 g/mol. The van der Waals surface area contributed by atoms with Crippen molar-refractivity contribution in [3.05, 3.63) is 0 Å². The summed E-state index contributed by atoms with van der Waals surface area (Å²) >= 11 is 0. The highest BCUT2D eigenvalue weighted by Gasteiger charge is 2.33. The summed E-state index contributed by atoms with van der Waals surface area (Å²) < 4.78 is 0. The molecule has 0 radical (unpaired) electrons. The zero-order chi connectivity index (χ0) is 46.4. The van der Waals surface area contributed by atoms with Gasteiger partial charge < -0.3 is 0 Å². The lowest BCUT2D eigenvalue weighted by molar-refractivity contribution is -0.140. The molecule has 0 aromatic carbocycles. The number of hydrogen-bond acceptors (Lipinski definition) is 8. The van der Waals surface area contributed by atoms with E-state index < -0.39 is 27.1 Å². The summed E-state index contributed by atoms with van der Waals surface area (Å²) in [6.07, 6.45) is 14.6. The van der Waals surface area contributed by atoms with Gasteiger partial charge in [-0.05, 0) is 57.8 Å². The minimum absolute atomic E-state index is 0.0605. The molecule has 0 aromatic rings. The molecule has 59 heavy (non-hydrogen) atoms. The van der Waals surface area contributed by atoms with Crippen molar-refractivity contribution in [2.24, 2.45) is 38.9 Å². The third-order valence-electron chi connectivity index (χ3n) is 12.1. The van der Waals surface area contributed by atoms with Crippen LogP contribution >= 0.6 is 0 Å². The zero-order valence-electron chi connectivity index (χ0n) is 40.2. The Labute approximate surface area is 358 Å². The van der Waals surface area contributed by atoms with Crippen LogP contribution in [0.4, 0.5) is 0 Å². The molecule has 12 nitrogen and oxygen atoms in total. The van der Waals surface area contributed by atoms with Gasteiger partial charge in [0.2, 0.25) is 47.3 Å². The number of unbranched alkanes of at least 4 members (excludes halogenated alkanes) is 1. The molecule has 0 aliphatic heterocycles. The van der Waals surface area contributed by atoms with E-state index >= 15 is 0 Å². The first-order chi connectivity index (χ1) is 27.0. The largest absolute Gasteiger partial charge is 0.296 e. The number of imide groups is 4. The van der Waals surface area contributed by atoms with Gasteiger partial charge in [0.1, 0.15) is 0 Å². The summed E-state index contributed by atoms with van der Waals surface area (Å²) in [6, 6.07) is 0. The van der Waals surface area contributed by atoms with Crippen molar-refractivity contribution >= 4 is 47.3 Å². The molecule has 4 N–H and O–H groups in total. The van der Waals surface area contributed by atoms with Gasteiger partial charge in [-0.2, -0.15) is 0 Å². The van der Waals surface area contributed by atoms with Gasteiger partial charge >= 0.3 is 0 Å². The van der Waals surface area contributed by atoms with Gasteiger partial charge in [0.25, 0.3) is 0 Å². The van der Waals surface area contributed by atoms with Crippen LogP contribution in [0.2, 0.25) is 0 Å². The number of rotatable bonds is 13. The smallest absolute Gasteiger partial charge is 0.232 e. The Morgan fingerprint density at radius 2 is 0.695 bits per heavy atom. The maximum absolute atomic E-state index is 11.8. The second kappa shape index (κ2) is 26.7. The molecule has 0 aromatic heterocycles. The highest BCUT2D eigenvalue weighted by atomic mass is 16.2. The van der Waals surface area contributed by atoms with E-state index in [1.165, 1.54) is 6.42 Å². The molecule has 0 atom stereocenters. The van der Waals surface area contributed by atoms with Gasteiger partial charge in [0.15, 0.2) is 0 Å². The third-order valence-corrected chi connectivity index (χ3v) is 12.1. The Hall–Kier alpha value is -3.44. The molecule has 2 saturated carbocycles. The molecule has 2 aliphatic carbocycles. The highest BCUT2D eigenvalue weighted by molar-refractivity contribution is 6.00. The predicted octanol–water partition coefficient (Wildman–Crippen LogP) is 9.27. The van der Waals surface area contributed by atoms with Crippen LogP contribution < -0.4 is 21.3 Å². The summed E-state index contributed by atoms with van der Waals surface area (Å²) in [5.74, 6) is -1.01. The van der Waals surface area contributed by atoms with E-state index in [2.05, 4.69) is 21.3 Å². The molecule has 342 valence electrons. The van der Waals surface area contributed by atoms with Crippen LogP contribution in [-0.4, -0.2) is 47.3 Å². The van der Waals surface area contributed by atoms with Gasteiger partial charge in [-0.15, -0.1) is 0 Å². The highest BCUT2D eigenvalue weighted by Crippen LogP contribution is 2.27. The summed E-state index contributed by atoms with van der Waals surface area (Å²) in [5, 5.41) is 9.96. The van der Waals surface area contributed by atoms with Crippen LogP contribution in [-0.2, 0) is 38.4 Å². The van der Waals surface area contributed by atoms with Crippen LogP contribution in [0.3, 0.4) is 0 Å². The standard InChI is InChI=1S/C13H23NO2.C12H21NO2.2C11H21NO2/c1-4-13(2,3)12(16)14-11(15)10-8-6-5-7-9-10;1-4-12(2,3)11(15)13-10(14)9-7-5-6-8-9;1-7-11(5,6)9(14)12-8(13)10(2,3)4;1-5-7-8-9(13)12-10(14)11(3,4)6-2/h10H,4-9H2,1-3H3,(H,14,15,16);9H,4-8H2,1-3H3,(H,13,14,15);7H2,1-6H3,(H,12,13,14);5-8H2,1-4H3,(H,12,13,14). The van der Waals surface area contributed by atoms with Crippen LogP contribution in [0, 0.1) is 38.9 Å². The minimum atomic E-state index is -0.514. The van der Waals surface area contributed by atoms with E-state index in [1.807, 2.05) is 90.0 Å². The van der Waals surface area contributed by atoms with Gasteiger partial charge in [0, 0.05) is 45.3 Å². The predicted molar refractivity (Wildman–Crippen MR) is 236 cm³/mol. The monoisotopic (exact) mass is 835 g/mol. The van der Waals surface area contributed by atoms with Crippen molar-refractivity contribution in [3.63, 3.8) is 0 Å². The molecule has 0 unspecified atom stereocenters. The van der Waals surface area contributed by atoms with E-state index in [9.17, 15) is 38.4 Å². The molecular formula is C47H86N4O8. The number of amides is 8. The Kier molecular flexibility index (Phi) is 26.1. The first kappa shape index (κ1) is 57.7. The maximum Gasteiger partial charge on any atom is 0.232 e. The molecule has 0 saturated heterocycles. The number of hydrogen-bond donors (Lipinski definition) is 4. The van der Waals surface area contributed by atoms with E-state index in [0.29, 0.717) is 6.42 Å². The lowest BCUT2D eigenvalue weighted by Crippen LogP contribution is -2.44. The van der Waals surface area contributed by atoms with Crippen LogP contribution in [0.25, 0.3) is 0 Å². The summed E-state index contributed by atoms with van der Waals surface area (Å²) in [4.78, 5) is 93.0. The zero-order valence-corrected chi connectivity index (χ0v) is 40.2. The molecule has 0 bridgehead atoms. The van der Waals surface area contributed by atoms with E-state index in [4.69, 9.17) is 0 Å². The molecule has 2 fully saturated rings. The minimum Gasteiger partial charge on any atom is -0.296 e. The Morgan fingerprint density at radius 3 is 0.983 bits per heavy atom. The molecule has 2 rings (SSSR count). The lowest BCUT2D eigenvalue weighted by Gasteiger charge is -2.24. The van der Waals surface area contributed by atoms with E-state index in [-0.39, 0.29) is 59.1 Å². The molecule has 12 heteroatoms. The van der Waals surface area contributed by atoms with Gasteiger partial charge in [-0.3, -0.25) is 59.6 Å². The van der Waals surface area contributed by atoms with Gasteiger partial charge in [-0.1, -0.05) is 149 Å². The van der Waals surface area contributed by atoms with Crippen LogP contribution in [0.5, 0.6) is 0 Å². The number of nitrogens with one attached hydrogen (secondary N) is 4. The second-order valence-electron chi connectivity index (χ2n) is 19.9. The fourth-order valence-electron chi connectivity index (χ4n) is 5.12. The second-order valence-corrected chi connectivity index (χ2v) is 19.9. The van der Waals surface area contributed by atoms with Crippen molar-refractivity contribution in [2.75, 3.05) is 0 Å². The molecule has 8 amide bonds. The van der Waals surface area contributed by atoms with Crippen molar-refractivity contribution in [1.82, 2.24) is 21.3 Å². The van der Waals surface area contributed by atoms with Crippen molar-refractivity contribution in [1.29, 1.82) is 0 Å². The molecule has 0 spiro atoms. The number of carbonyl (C=O) groups excluding carboxylic acids is 8. The lowest BCUT2D eigenvalue weighted by atomic mass is 9.86. The summed E-state index contributed by atoms with van der Waals surface area (Å²) in [7, 11) is 0. The normalized spacial score (nSPS) is 15.1. The first-order valence-electron chi connectivity index (χ1n) is 22.4. The van der Waals surface area contributed by atoms with Crippen molar-refractivity contribution in [2.45, 2.75) is 214 Å². The molecule has 2 aliphatic rings. The first-order valence-corrected chi connectivity index (χ1v) is 22.4.